The van der Waals surface area contributed by atoms with E-state index in [2.05, 4.69) is 47.0 Å². The number of likely N-dealkylation sites (N-methyl/N-ethyl adjacent to an activating group) is 1. The van der Waals surface area contributed by atoms with Crippen LogP contribution in [-0.4, -0.2) is 40.5 Å². The molecule has 1 saturated carbocycles. The lowest BCUT2D eigenvalue weighted by atomic mass is 10.1. The summed E-state index contributed by atoms with van der Waals surface area (Å²) < 4.78 is 0. The zero-order valence-electron chi connectivity index (χ0n) is 12.6. The molecule has 0 atom stereocenters. The van der Waals surface area contributed by atoms with Crippen molar-refractivity contribution in [2.75, 3.05) is 25.0 Å². The Morgan fingerprint density at radius 2 is 2.11 bits per heavy atom. The number of nitrogens with zero attached hydrogens (tertiary/aromatic N) is 3. The van der Waals surface area contributed by atoms with Crippen molar-refractivity contribution in [1.29, 1.82) is 0 Å². The molecule has 1 N–H and O–H groups in total. The summed E-state index contributed by atoms with van der Waals surface area (Å²) in [6, 6.07) is 2.90. The van der Waals surface area contributed by atoms with Gasteiger partial charge < -0.3 is 5.32 Å². The van der Waals surface area contributed by atoms with Crippen LogP contribution in [0.15, 0.2) is 6.07 Å². The molecule has 4 nitrogen and oxygen atoms in total. The molecule has 0 spiro atoms. The first-order valence-electron chi connectivity index (χ1n) is 7.43. The summed E-state index contributed by atoms with van der Waals surface area (Å²) in [5.74, 6) is 1.22. The Kier molecular flexibility index (Phi) is 4.75. The summed E-state index contributed by atoms with van der Waals surface area (Å²) in [7, 11) is 0. The lowest BCUT2D eigenvalue weighted by molar-refractivity contribution is 0.289. The Morgan fingerprint density at radius 3 is 2.68 bits per heavy atom. The number of anilines is 1. The maximum absolute atomic E-state index is 4.58. The first-order chi connectivity index (χ1) is 9.10. The molecule has 1 fully saturated rings. The highest BCUT2D eigenvalue weighted by Gasteiger charge is 2.27. The third kappa shape index (κ3) is 4.16. The van der Waals surface area contributed by atoms with E-state index >= 15 is 0 Å². The van der Waals surface area contributed by atoms with Crippen LogP contribution in [0.4, 0.5) is 5.95 Å². The second-order valence-electron chi connectivity index (χ2n) is 5.70. The van der Waals surface area contributed by atoms with Gasteiger partial charge in [-0.25, -0.2) is 9.97 Å². The maximum atomic E-state index is 4.58. The van der Waals surface area contributed by atoms with Gasteiger partial charge in [0.15, 0.2) is 0 Å². The van der Waals surface area contributed by atoms with E-state index in [1.165, 1.54) is 12.8 Å². The molecule has 1 aliphatic carbocycles. The SMILES string of the molecule is CCN(CCNc1nc(C)cc(C(C)C)n1)C1CC1. The number of hydrogen-bond acceptors (Lipinski definition) is 4. The van der Waals surface area contributed by atoms with Crippen LogP contribution in [0, 0.1) is 6.92 Å². The Bertz CT molecular complexity index is 413. The van der Waals surface area contributed by atoms with Crippen LogP contribution in [0.1, 0.15) is 50.9 Å². The number of hydrogen-bond donors (Lipinski definition) is 1. The van der Waals surface area contributed by atoms with E-state index in [1.54, 1.807) is 0 Å². The van der Waals surface area contributed by atoms with Gasteiger partial charge in [-0.2, -0.15) is 0 Å². The quantitative estimate of drug-likeness (QED) is 0.820. The van der Waals surface area contributed by atoms with Crippen LogP contribution in [-0.2, 0) is 0 Å². The van der Waals surface area contributed by atoms with Gasteiger partial charge in [0.25, 0.3) is 0 Å². The number of aromatic nitrogens is 2. The molecule has 19 heavy (non-hydrogen) atoms. The van der Waals surface area contributed by atoms with Crippen molar-refractivity contribution in [3.8, 4) is 0 Å². The van der Waals surface area contributed by atoms with Crippen LogP contribution in [0.25, 0.3) is 0 Å². The van der Waals surface area contributed by atoms with Gasteiger partial charge in [-0.1, -0.05) is 20.8 Å². The zero-order valence-corrected chi connectivity index (χ0v) is 12.6. The predicted molar refractivity (Wildman–Crippen MR) is 79.6 cm³/mol. The van der Waals surface area contributed by atoms with Crippen LogP contribution < -0.4 is 5.32 Å². The van der Waals surface area contributed by atoms with Crippen LogP contribution in [0.5, 0.6) is 0 Å². The normalized spacial score (nSPS) is 15.3. The maximum Gasteiger partial charge on any atom is 0.223 e. The number of aryl methyl sites for hydroxylation is 1. The first-order valence-corrected chi connectivity index (χ1v) is 7.43. The van der Waals surface area contributed by atoms with Gasteiger partial charge >= 0.3 is 0 Å². The van der Waals surface area contributed by atoms with Crippen molar-refractivity contribution in [2.24, 2.45) is 0 Å². The van der Waals surface area contributed by atoms with E-state index in [9.17, 15) is 0 Å². The first kappa shape index (κ1) is 14.3. The molecular weight excluding hydrogens is 236 g/mol. The molecular formula is C15H26N4. The Hall–Kier alpha value is -1.16. The molecule has 0 radical (unpaired) electrons. The van der Waals surface area contributed by atoms with Gasteiger partial charge in [-0.15, -0.1) is 0 Å². The molecule has 1 aromatic rings. The third-order valence-electron chi connectivity index (χ3n) is 3.62. The molecule has 0 saturated heterocycles. The molecule has 1 aromatic heterocycles. The van der Waals surface area contributed by atoms with E-state index in [-0.39, 0.29) is 0 Å². The second kappa shape index (κ2) is 6.33. The van der Waals surface area contributed by atoms with Gasteiger partial charge in [0.1, 0.15) is 0 Å². The van der Waals surface area contributed by atoms with E-state index in [4.69, 9.17) is 0 Å². The molecule has 0 bridgehead atoms. The predicted octanol–water partition coefficient (Wildman–Crippen LogP) is 2.80. The largest absolute Gasteiger partial charge is 0.353 e. The topological polar surface area (TPSA) is 41.0 Å². The molecule has 1 heterocycles. The average Bonchev–Trinajstić information content (AvgIpc) is 3.18. The number of rotatable bonds is 7. The van der Waals surface area contributed by atoms with E-state index < -0.39 is 0 Å². The van der Waals surface area contributed by atoms with Gasteiger partial charge in [0, 0.05) is 30.5 Å². The lowest BCUT2D eigenvalue weighted by Gasteiger charge is -2.20. The fourth-order valence-corrected chi connectivity index (χ4v) is 2.32. The third-order valence-corrected chi connectivity index (χ3v) is 3.62. The van der Waals surface area contributed by atoms with E-state index in [0.29, 0.717) is 5.92 Å². The van der Waals surface area contributed by atoms with Gasteiger partial charge in [-0.3, -0.25) is 4.90 Å². The summed E-state index contributed by atoms with van der Waals surface area (Å²) in [5, 5.41) is 3.36. The highest BCUT2D eigenvalue weighted by Crippen LogP contribution is 2.25. The van der Waals surface area contributed by atoms with E-state index in [0.717, 1.165) is 43.0 Å². The van der Waals surface area contributed by atoms with Gasteiger partial charge in [-0.05, 0) is 38.3 Å². The average molecular weight is 262 g/mol. The van der Waals surface area contributed by atoms with Crippen molar-refractivity contribution < 1.29 is 0 Å². The zero-order chi connectivity index (χ0) is 13.8. The molecule has 0 aromatic carbocycles. The number of nitrogens with one attached hydrogen (secondary N) is 1. The fourth-order valence-electron chi connectivity index (χ4n) is 2.32. The van der Waals surface area contributed by atoms with Crippen molar-refractivity contribution in [3.63, 3.8) is 0 Å². The van der Waals surface area contributed by atoms with Gasteiger partial charge in [0.2, 0.25) is 5.95 Å². The van der Waals surface area contributed by atoms with Crippen LogP contribution in [0.2, 0.25) is 0 Å². The van der Waals surface area contributed by atoms with Crippen molar-refractivity contribution in [3.05, 3.63) is 17.5 Å². The minimum absolute atomic E-state index is 0.445. The molecule has 106 valence electrons. The van der Waals surface area contributed by atoms with Crippen molar-refractivity contribution >= 4 is 5.95 Å². The second-order valence-corrected chi connectivity index (χ2v) is 5.70. The Balaban J connectivity index is 1.88. The minimum atomic E-state index is 0.445. The van der Waals surface area contributed by atoms with Crippen LogP contribution >= 0.6 is 0 Å². The van der Waals surface area contributed by atoms with Gasteiger partial charge in [0.05, 0.1) is 0 Å². The van der Waals surface area contributed by atoms with E-state index in [1.807, 2.05) is 6.92 Å². The summed E-state index contributed by atoms with van der Waals surface area (Å²) in [6.07, 6.45) is 2.73. The molecule has 1 aliphatic rings. The molecule has 0 aliphatic heterocycles. The minimum Gasteiger partial charge on any atom is -0.353 e. The summed E-state index contributed by atoms with van der Waals surface area (Å²) in [4.78, 5) is 11.6. The molecule has 4 heteroatoms. The molecule has 2 rings (SSSR count). The summed E-state index contributed by atoms with van der Waals surface area (Å²) in [5.41, 5.74) is 2.15. The lowest BCUT2D eigenvalue weighted by Crippen LogP contribution is -2.31. The Labute approximate surface area is 116 Å². The highest BCUT2D eigenvalue weighted by atomic mass is 15.2. The standard InChI is InChI=1S/C15H26N4/c1-5-19(13-6-7-13)9-8-16-15-17-12(4)10-14(18-15)11(2)3/h10-11,13H,5-9H2,1-4H3,(H,16,17,18). The molecule has 0 unspecified atom stereocenters. The highest BCUT2D eigenvalue weighted by molar-refractivity contribution is 5.29. The van der Waals surface area contributed by atoms with Crippen molar-refractivity contribution in [1.82, 2.24) is 14.9 Å². The monoisotopic (exact) mass is 262 g/mol. The molecule has 0 amide bonds. The fraction of sp³-hybridized carbons (Fsp3) is 0.733. The van der Waals surface area contributed by atoms with Crippen LogP contribution in [0.3, 0.4) is 0 Å². The summed E-state index contributed by atoms with van der Waals surface area (Å²) >= 11 is 0. The summed E-state index contributed by atoms with van der Waals surface area (Å²) in [6.45, 7) is 11.7. The smallest absolute Gasteiger partial charge is 0.223 e. The van der Waals surface area contributed by atoms with Crippen molar-refractivity contribution in [2.45, 2.75) is 52.5 Å². The Morgan fingerprint density at radius 1 is 1.37 bits per heavy atom.